The summed E-state index contributed by atoms with van der Waals surface area (Å²) < 4.78 is 1.79. The van der Waals surface area contributed by atoms with E-state index in [1.807, 2.05) is 31.3 Å². The zero-order valence-corrected chi connectivity index (χ0v) is 17.5. The van der Waals surface area contributed by atoms with E-state index >= 15 is 0 Å². The highest BCUT2D eigenvalue weighted by Gasteiger charge is 2.24. The van der Waals surface area contributed by atoms with E-state index in [9.17, 15) is 4.79 Å². The van der Waals surface area contributed by atoms with Crippen molar-refractivity contribution in [1.29, 1.82) is 5.26 Å². The van der Waals surface area contributed by atoms with E-state index in [0.717, 1.165) is 11.2 Å². The quantitative estimate of drug-likeness (QED) is 0.513. The van der Waals surface area contributed by atoms with Crippen LogP contribution in [0.1, 0.15) is 21.6 Å². The number of nitriles is 1. The molecule has 10 heteroatoms. The lowest BCUT2D eigenvalue weighted by atomic mass is 10.1. The molecule has 2 N–H and O–H groups in total. The Morgan fingerprint density at radius 2 is 2.00 bits per heavy atom. The molecule has 0 spiro atoms. The highest BCUT2D eigenvalue weighted by molar-refractivity contribution is 5.94. The molecular weight excluding hydrogens is 406 g/mol. The van der Waals surface area contributed by atoms with Gasteiger partial charge in [0.25, 0.3) is 5.91 Å². The number of carbonyl (C=O) groups excluding carboxylic acids is 1. The van der Waals surface area contributed by atoms with E-state index in [0.29, 0.717) is 54.9 Å². The fourth-order valence-electron chi connectivity index (χ4n) is 3.77. The number of piperazine rings is 1. The number of aromatic nitrogens is 5. The van der Waals surface area contributed by atoms with Crippen LogP contribution in [-0.2, 0) is 0 Å². The number of fused-ring (bicyclic) bond motifs is 1. The van der Waals surface area contributed by atoms with Crippen molar-refractivity contribution in [3.63, 3.8) is 0 Å². The van der Waals surface area contributed by atoms with Gasteiger partial charge >= 0.3 is 0 Å². The van der Waals surface area contributed by atoms with Crippen LogP contribution >= 0.6 is 0 Å². The molecule has 5 rings (SSSR count). The molecule has 1 aliphatic rings. The van der Waals surface area contributed by atoms with E-state index in [1.165, 1.54) is 0 Å². The minimum absolute atomic E-state index is 0.0696. The molecule has 3 aromatic heterocycles. The summed E-state index contributed by atoms with van der Waals surface area (Å²) in [5, 5.41) is 24.1. The number of anilines is 3. The SMILES string of the molecule is Cc1cc(Nc2nc(N3CCN(C(=O)c4cccc(C#N)c4)CC3)nn3cccc23)n[nH]1. The molecule has 10 nitrogen and oxygen atoms in total. The van der Waals surface area contributed by atoms with Gasteiger partial charge in [-0.05, 0) is 37.3 Å². The molecule has 0 unspecified atom stereocenters. The van der Waals surface area contributed by atoms with Crippen LogP contribution in [0.5, 0.6) is 0 Å². The lowest BCUT2D eigenvalue weighted by Gasteiger charge is -2.34. The number of nitrogens with zero attached hydrogens (tertiary/aromatic N) is 7. The number of nitrogens with one attached hydrogen (secondary N) is 2. The van der Waals surface area contributed by atoms with E-state index in [-0.39, 0.29) is 5.91 Å². The average Bonchev–Trinajstić information content (AvgIpc) is 3.47. The minimum Gasteiger partial charge on any atom is -0.336 e. The van der Waals surface area contributed by atoms with Crippen LogP contribution in [-0.4, -0.2) is 61.8 Å². The van der Waals surface area contributed by atoms with E-state index in [2.05, 4.69) is 31.6 Å². The lowest BCUT2D eigenvalue weighted by Crippen LogP contribution is -2.49. The second kappa shape index (κ2) is 8.03. The number of amides is 1. The average molecular weight is 427 g/mol. The van der Waals surface area contributed by atoms with Crippen molar-refractivity contribution >= 4 is 29.0 Å². The number of aryl methyl sites for hydroxylation is 1. The van der Waals surface area contributed by atoms with Crippen molar-refractivity contribution in [2.45, 2.75) is 6.92 Å². The van der Waals surface area contributed by atoms with Gasteiger partial charge in [0.15, 0.2) is 11.6 Å². The van der Waals surface area contributed by atoms with Gasteiger partial charge in [0, 0.05) is 49.7 Å². The summed E-state index contributed by atoms with van der Waals surface area (Å²) in [6.07, 6.45) is 1.88. The minimum atomic E-state index is -0.0696. The first-order chi connectivity index (χ1) is 15.6. The van der Waals surface area contributed by atoms with Gasteiger partial charge in [-0.25, -0.2) is 4.52 Å². The predicted octanol–water partition coefficient (Wildman–Crippen LogP) is 2.34. The Morgan fingerprint density at radius 1 is 1.16 bits per heavy atom. The van der Waals surface area contributed by atoms with Crippen molar-refractivity contribution in [3.05, 3.63) is 65.5 Å². The summed E-state index contributed by atoms with van der Waals surface area (Å²) in [5.74, 6) is 1.87. The Labute approximate surface area is 184 Å². The first kappa shape index (κ1) is 19.6. The summed E-state index contributed by atoms with van der Waals surface area (Å²) in [7, 11) is 0. The molecular formula is C22H21N9O. The van der Waals surface area contributed by atoms with Gasteiger partial charge in [0.05, 0.1) is 11.6 Å². The van der Waals surface area contributed by atoms with Crippen LogP contribution in [0.25, 0.3) is 5.52 Å². The van der Waals surface area contributed by atoms with E-state index < -0.39 is 0 Å². The van der Waals surface area contributed by atoms with Gasteiger partial charge in [-0.15, -0.1) is 5.10 Å². The van der Waals surface area contributed by atoms with Crippen molar-refractivity contribution < 1.29 is 4.79 Å². The molecule has 4 aromatic rings. The monoisotopic (exact) mass is 427 g/mol. The third kappa shape index (κ3) is 3.72. The molecule has 0 saturated carbocycles. The van der Waals surface area contributed by atoms with Crippen molar-refractivity contribution in [1.82, 2.24) is 29.7 Å². The Kier molecular flexibility index (Phi) is 4.91. The van der Waals surface area contributed by atoms with E-state index in [4.69, 9.17) is 10.2 Å². The van der Waals surface area contributed by atoms with Gasteiger partial charge in [0.1, 0.15) is 5.52 Å². The molecule has 0 aliphatic carbocycles. The second-order valence-corrected chi connectivity index (χ2v) is 7.63. The molecule has 1 aliphatic heterocycles. The second-order valence-electron chi connectivity index (χ2n) is 7.63. The number of hydrogen-bond acceptors (Lipinski definition) is 7. The topological polar surface area (TPSA) is 118 Å². The van der Waals surface area contributed by atoms with E-state index in [1.54, 1.807) is 33.7 Å². The van der Waals surface area contributed by atoms with Crippen LogP contribution in [0.2, 0.25) is 0 Å². The Hall–Kier alpha value is -4.39. The molecule has 1 amide bonds. The zero-order chi connectivity index (χ0) is 22.1. The van der Waals surface area contributed by atoms with Gasteiger partial charge in [-0.1, -0.05) is 6.07 Å². The fourth-order valence-corrected chi connectivity index (χ4v) is 3.77. The summed E-state index contributed by atoms with van der Waals surface area (Å²) in [6, 6.07) is 14.7. The van der Waals surface area contributed by atoms with Crippen molar-refractivity contribution in [2.75, 3.05) is 36.4 Å². The first-order valence-electron chi connectivity index (χ1n) is 10.3. The van der Waals surface area contributed by atoms with Crippen LogP contribution in [0.3, 0.4) is 0 Å². The largest absolute Gasteiger partial charge is 0.336 e. The van der Waals surface area contributed by atoms with Gasteiger partial charge in [0.2, 0.25) is 5.95 Å². The molecule has 32 heavy (non-hydrogen) atoms. The summed E-state index contributed by atoms with van der Waals surface area (Å²) in [5.41, 5.74) is 2.81. The molecule has 1 saturated heterocycles. The van der Waals surface area contributed by atoms with Crippen molar-refractivity contribution in [2.24, 2.45) is 0 Å². The standard InChI is InChI=1S/C22H21N9O/c1-15-12-19(27-26-15)24-20-18-6-3-7-31(18)28-22(25-20)30-10-8-29(9-11-30)21(32)17-5-2-4-16(13-17)14-23/h2-7,12-13H,8-11H2,1H3,(H2,24,25,26,27,28). The first-order valence-corrected chi connectivity index (χ1v) is 10.3. The van der Waals surface area contributed by atoms with Gasteiger partial charge in [-0.2, -0.15) is 15.3 Å². The Morgan fingerprint density at radius 3 is 2.75 bits per heavy atom. The molecule has 1 fully saturated rings. The lowest BCUT2D eigenvalue weighted by molar-refractivity contribution is 0.0746. The highest BCUT2D eigenvalue weighted by atomic mass is 16.2. The Bertz CT molecular complexity index is 1320. The van der Waals surface area contributed by atoms with Crippen LogP contribution in [0.4, 0.5) is 17.6 Å². The molecule has 0 radical (unpaired) electrons. The smallest absolute Gasteiger partial charge is 0.254 e. The molecule has 160 valence electrons. The molecule has 4 heterocycles. The van der Waals surface area contributed by atoms with Crippen LogP contribution < -0.4 is 10.2 Å². The maximum atomic E-state index is 12.9. The fraction of sp³-hybridized carbons (Fsp3) is 0.227. The maximum Gasteiger partial charge on any atom is 0.254 e. The number of hydrogen-bond donors (Lipinski definition) is 2. The number of rotatable bonds is 4. The zero-order valence-electron chi connectivity index (χ0n) is 17.5. The van der Waals surface area contributed by atoms with Gasteiger partial charge < -0.3 is 15.1 Å². The molecule has 0 atom stereocenters. The van der Waals surface area contributed by atoms with Crippen molar-refractivity contribution in [3.8, 4) is 6.07 Å². The Balaban J connectivity index is 1.33. The van der Waals surface area contributed by atoms with Crippen LogP contribution in [0.15, 0.2) is 48.7 Å². The molecule has 1 aromatic carbocycles. The van der Waals surface area contributed by atoms with Gasteiger partial charge in [-0.3, -0.25) is 9.89 Å². The summed E-state index contributed by atoms with van der Waals surface area (Å²) in [4.78, 5) is 21.5. The molecule has 0 bridgehead atoms. The summed E-state index contributed by atoms with van der Waals surface area (Å²) in [6.45, 7) is 4.25. The number of benzene rings is 1. The highest BCUT2D eigenvalue weighted by Crippen LogP contribution is 2.23. The maximum absolute atomic E-state index is 12.9. The number of aromatic amines is 1. The normalized spacial score (nSPS) is 13.9. The number of carbonyl (C=O) groups is 1. The predicted molar refractivity (Wildman–Crippen MR) is 119 cm³/mol. The third-order valence-corrected chi connectivity index (χ3v) is 5.42. The summed E-state index contributed by atoms with van der Waals surface area (Å²) >= 11 is 0. The van der Waals surface area contributed by atoms with Crippen LogP contribution in [0, 0.1) is 18.3 Å². The third-order valence-electron chi connectivity index (χ3n) is 5.42. The number of H-pyrrole nitrogens is 1.